The number of unbranched alkanes of at least 4 members (excludes halogenated alkanes) is 2. The quantitative estimate of drug-likeness (QED) is 0.607. The highest BCUT2D eigenvalue weighted by Crippen LogP contribution is 2.70. The van der Waals surface area contributed by atoms with Gasteiger partial charge in [-0.3, -0.25) is 0 Å². The SMILES string of the molecule is CCCCCC(NCC)C12CC3CC(C)(CC(C)(C3)C1)C2. The van der Waals surface area contributed by atoms with Crippen molar-refractivity contribution in [2.75, 3.05) is 6.54 Å². The minimum atomic E-state index is 0.632. The molecular weight excluding hydrogens is 254 g/mol. The molecule has 4 bridgehead atoms. The third-order valence-electron chi connectivity index (χ3n) is 6.96. The summed E-state index contributed by atoms with van der Waals surface area (Å²) in [4.78, 5) is 0. The monoisotopic (exact) mass is 291 g/mol. The van der Waals surface area contributed by atoms with Crippen LogP contribution in [0.5, 0.6) is 0 Å². The van der Waals surface area contributed by atoms with Crippen molar-refractivity contribution in [1.29, 1.82) is 0 Å². The number of nitrogens with one attached hydrogen (secondary N) is 1. The molecule has 4 rings (SSSR count). The van der Waals surface area contributed by atoms with E-state index < -0.39 is 0 Å². The lowest BCUT2D eigenvalue weighted by atomic mass is 9.39. The van der Waals surface area contributed by atoms with Crippen LogP contribution in [0.4, 0.5) is 0 Å². The van der Waals surface area contributed by atoms with Gasteiger partial charge >= 0.3 is 0 Å². The van der Waals surface area contributed by atoms with E-state index in [0.29, 0.717) is 16.2 Å². The molecule has 21 heavy (non-hydrogen) atoms. The van der Waals surface area contributed by atoms with Crippen LogP contribution < -0.4 is 5.32 Å². The fourth-order valence-electron chi connectivity index (χ4n) is 7.39. The van der Waals surface area contributed by atoms with Crippen LogP contribution in [-0.4, -0.2) is 12.6 Å². The maximum Gasteiger partial charge on any atom is 0.0124 e. The lowest BCUT2D eigenvalue weighted by molar-refractivity contribution is -0.158. The molecule has 4 saturated carbocycles. The van der Waals surface area contributed by atoms with E-state index >= 15 is 0 Å². The molecule has 0 amide bonds. The van der Waals surface area contributed by atoms with Gasteiger partial charge in [-0.05, 0) is 73.7 Å². The Morgan fingerprint density at radius 3 is 2.14 bits per heavy atom. The van der Waals surface area contributed by atoms with E-state index in [2.05, 4.69) is 33.0 Å². The van der Waals surface area contributed by atoms with E-state index in [1.807, 2.05) is 0 Å². The van der Waals surface area contributed by atoms with Gasteiger partial charge in [0.1, 0.15) is 0 Å². The van der Waals surface area contributed by atoms with Crippen LogP contribution in [0.2, 0.25) is 0 Å². The van der Waals surface area contributed by atoms with Gasteiger partial charge in [0.05, 0.1) is 0 Å². The zero-order valence-electron chi connectivity index (χ0n) is 14.9. The lowest BCUT2D eigenvalue weighted by Crippen LogP contribution is -2.61. The molecule has 0 heterocycles. The van der Waals surface area contributed by atoms with Crippen molar-refractivity contribution < 1.29 is 0 Å². The Kier molecular flexibility index (Phi) is 4.19. The van der Waals surface area contributed by atoms with Gasteiger partial charge in [0.2, 0.25) is 0 Å². The Balaban J connectivity index is 1.80. The highest BCUT2D eigenvalue weighted by atomic mass is 14.9. The van der Waals surface area contributed by atoms with Crippen molar-refractivity contribution in [2.24, 2.45) is 22.2 Å². The number of hydrogen-bond acceptors (Lipinski definition) is 1. The molecule has 0 aliphatic heterocycles. The molecule has 0 aromatic heterocycles. The molecular formula is C20H37N. The standard InChI is InChI=1S/C20H37N/c1-5-7-8-9-17(21-6-2)20-12-16-10-18(3,14-20)13-19(4,11-16)15-20/h16-17,21H,5-15H2,1-4H3. The molecule has 4 aliphatic carbocycles. The van der Waals surface area contributed by atoms with Crippen LogP contribution in [0.15, 0.2) is 0 Å². The second kappa shape index (κ2) is 5.55. The van der Waals surface area contributed by atoms with Gasteiger partial charge in [0, 0.05) is 6.04 Å². The van der Waals surface area contributed by atoms with E-state index in [4.69, 9.17) is 0 Å². The molecule has 1 N–H and O–H groups in total. The van der Waals surface area contributed by atoms with E-state index in [9.17, 15) is 0 Å². The van der Waals surface area contributed by atoms with E-state index in [1.165, 1.54) is 64.2 Å². The normalized spacial score (nSPS) is 46.0. The largest absolute Gasteiger partial charge is 0.314 e. The van der Waals surface area contributed by atoms with Crippen molar-refractivity contribution in [1.82, 2.24) is 5.32 Å². The molecule has 0 aromatic rings. The second-order valence-electron chi connectivity index (χ2n) is 9.60. The van der Waals surface area contributed by atoms with Crippen molar-refractivity contribution in [2.45, 2.75) is 97.9 Å². The van der Waals surface area contributed by atoms with Crippen LogP contribution in [0.25, 0.3) is 0 Å². The highest BCUT2D eigenvalue weighted by Gasteiger charge is 2.61. The third kappa shape index (κ3) is 2.92. The summed E-state index contributed by atoms with van der Waals surface area (Å²) in [5.41, 5.74) is 1.95. The molecule has 3 atom stereocenters. The number of rotatable bonds is 7. The first kappa shape index (κ1) is 15.8. The second-order valence-corrected chi connectivity index (χ2v) is 9.60. The minimum absolute atomic E-state index is 0.632. The van der Waals surface area contributed by atoms with E-state index in [1.54, 1.807) is 0 Å². The molecule has 0 spiro atoms. The smallest absolute Gasteiger partial charge is 0.0124 e. The van der Waals surface area contributed by atoms with E-state index in [-0.39, 0.29) is 0 Å². The summed E-state index contributed by atoms with van der Waals surface area (Å²) in [6.45, 7) is 11.0. The van der Waals surface area contributed by atoms with Gasteiger partial charge in [-0.2, -0.15) is 0 Å². The average molecular weight is 292 g/mol. The molecule has 1 heteroatoms. The van der Waals surface area contributed by atoms with Crippen LogP contribution in [0.3, 0.4) is 0 Å². The predicted octanol–water partition coefficient (Wildman–Crippen LogP) is 5.54. The first-order valence-corrected chi connectivity index (χ1v) is 9.66. The Hall–Kier alpha value is -0.0400. The van der Waals surface area contributed by atoms with Crippen molar-refractivity contribution in [3.8, 4) is 0 Å². The fourth-order valence-corrected chi connectivity index (χ4v) is 7.39. The molecule has 1 nitrogen and oxygen atoms in total. The minimum Gasteiger partial charge on any atom is -0.314 e. The summed E-state index contributed by atoms with van der Waals surface area (Å²) < 4.78 is 0. The van der Waals surface area contributed by atoms with Gasteiger partial charge in [-0.15, -0.1) is 0 Å². The molecule has 0 radical (unpaired) electrons. The summed E-state index contributed by atoms with van der Waals surface area (Å²) in [6, 6.07) is 0.788. The number of hydrogen-bond donors (Lipinski definition) is 1. The topological polar surface area (TPSA) is 12.0 Å². The molecule has 122 valence electrons. The summed E-state index contributed by atoms with van der Waals surface area (Å²) in [6.07, 6.45) is 14.7. The first-order chi connectivity index (χ1) is 9.93. The first-order valence-electron chi connectivity index (χ1n) is 9.66. The van der Waals surface area contributed by atoms with Crippen molar-refractivity contribution >= 4 is 0 Å². The average Bonchev–Trinajstić information content (AvgIpc) is 2.33. The molecule has 0 aromatic carbocycles. The Morgan fingerprint density at radius 2 is 1.62 bits per heavy atom. The molecule has 4 fully saturated rings. The van der Waals surface area contributed by atoms with Crippen molar-refractivity contribution in [3.63, 3.8) is 0 Å². The van der Waals surface area contributed by atoms with Gasteiger partial charge < -0.3 is 5.32 Å². The molecule has 4 aliphatic rings. The maximum absolute atomic E-state index is 3.93. The van der Waals surface area contributed by atoms with E-state index in [0.717, 1.165) is 18.5 Å². The summed E-state index contributed by atoms with van der Waals surface area (Å²) in [5, 5.41) is 3.93. The highest BCUT2D eigenvalue weighted by molar-refractivity contribution is 5.13. The van der Waals surface area contributed by atoms with Crippen molar-refractivity contribution in [3.05, 3.63) is 0 Å². The van der Waals surface area contributed by atoms with Crippen LogP contribution in [0, 0.1) is 22.2 Å². The maximum atomic E-state index is 3.93. The Morgan fingerprint density at radius 1 is 0.952 bits per heavy atom. The zero-order valence-corrected chi connectivity index (χ0v) is 14.9. The predicted molar refractivity (Wildman–Crippen MR) is 91.4 cm³/mol. The van der Waals surface area contributed by atoms with Gasteiger partial charge in [-0.25, -0.2) is 0 Å². The van der Waals surface area contributed by atoms with Gasteiger partial charge in [0.25, 0.3) is 0 Å². The van der Waals surface area contributed by atoms with Crippen LogP contribution >= 0.6 is 0 Å². The molecule has 0 saturated heterocycles. The van der Waals surface area contributed by atoms with Gasteiger partial charge in [-0.1, -0.05) is 47.0 Å². The Bertz CT molecular complexity index is 356. The summed E-state index contributed by atoms with van der Waals surface area (Å²) >= 11 is 0. The van der Waals surface area contributed by atoms with Gasteiger partial charge in [0.15, 0.2) is 0 Å². The summed E-state index contributed by atoms with van der Waals surface area (Å²) in [5.74, 6) is 1.03. The molecule has 3 unspecified atom stereocenters. The zero-order chi connectivity index (χ0) is 15.1. The lowest BCUT2D eigenvalue weighted by Gasteiger charge is -2.67. The van der Waals surface area contributed by atoms with Crippen LogP contribution in [-0.2, 0) is 0 Å². The summed E-state index contributed by atoms with van der Waals surface area (Å²) in [7, 11) is 0. The fraction of sp³-hybridized carbons (Fsp3) is 1.00. The third-order valence-corrected chi connectivity index (χ3v) is 6.96. The van der Waals surface area contributed by atoms with Crippen LogP contribution in [0.1, 0.15) is 91.9 Å². The Labute approximate surface area is 132 Å².